The van der Waals surface area contributed by atoms with Crippen LogP contribution in [0.4, 0.5) is 5.69 Å². The molecule has 0 aliphatic carbocycles. The van der Waals surface area contributed by atoms with Gasteiger partial charge in [0, 0.05) is 5.69 Å². The molecule has 8 heteroatoms. The molecule has 0 heterocycles. The number of benzene rings is 2. The monoisotopic (exact) mass is 376 g/mol. The Hall–Kier alpha value is -2.71. The summed E-state index contributed by atoms with van der Waals surface area (Å²) in [5.74, 6) is -1.01. The summed E-state index contributed by atoms with van der Waals surface area (Å²) in [5, 5.41) is 2.56. The van der Waals surface area contributed by atoms with E-state index in [1.807, 2.05) is 6.07 Å². The standard InChI is InChI=1S/C18H20N2O5S/c1-12-4-5-13(2)16(10-12)26(23,24)19-11-17(21)20-15-8-6-14(7-9-15)18(22)25-3/h4-10,19H,11H2,1-3H3,(H,20,21). The predicted molar refractivity (Wildman–Crippen MR) is 97.5 cm³/mol. The van der Waals surface area contributed by atoms with E-state index in [1.54, 1.807) is 26.0 Å². The first kappa shape index (κ1) is 19.6. The number of carbonyl (C=O) groups excluding carboxylic acids is 2. The second kappa shape index (κ2) is 8.11. The lowest BCUT2D eigenvalue weighted by Crippen LogP contribution is -2.33. The van der Waals surface area contributed by atoms with Crippen LogP contribution in [-0.2, 0) is 19.6 Å². The van der Waals surface area contributed by atoms with Crippen LogP contribution in [0.25, 0.3) is 0 Å². The topological polar surface area (TPSA) is 102 Å². The summed E-state index contributed by atoms with van der Waals surface area (Å²) in [4.78, 5) is 23.5. The van der Waals surface area contributed by atoms with Gasteiger partial charge in [-0.05, 0) is 55.3 Å². The summed E-state index contributed by atoms with van der Waals surface area (Å²) in [6, 6.07) is 11.2. The Bertz CT molecular complexity index is 921. The van der Waals surface area contributed by atoms with E-state index in [0.29, 0.717) is 16.8 Å². The Morgan fingerprint density at radius 3 is 2.31 bits per heavy atom. The van der Waals surface area contributed by atoms with E-state index in [-0.39, 0.29) is 4.90 Å². The minimum atomic E-state index is -3.79. The van der Waals surface area contributed by atoms with Gasteiger partial charge in [-0.25, -0.2) is 17.9 Å². The van der Waals surface area contributed by atoms with Gasteiger partial charge in [0.1, 0.15) is 0 Å². The van der Waals surface area contributed by atoms with Crippen LogP contribution in [0.3, 0.4) is 0 Å². The summed E-state index contributed by atoms with van der Waals surface area (Å²) >= 11 is 0. The van der Waals surface area contributed by atoms with E-state index in [1.165, 1.54) is 31.4 Å². The molecule has 7 nitrogen and oxygen atoms in total. The van der Waals surface area contributed by atoms with Crippen molar-refractivity contribution >= 4 is 27.6 Å². The third kappa shape index (κ3) is 4.90. The van der Waals surface area contributed by atoms with E-state index in [9.17, 15) is 18.0 Å². The molecule has 0 saturated heterocycles. The molecule has 0 atom stereocenters. The minimum Gasteiger partial charge on any atom is -0.465 e. The molecule has 0 unspecified atom stereocenters. The molecule has 0 aromatic heterocycles. The minimum absolute atomic E-state index is 0.146. The average molecular weight is 376 g/mol. The molecule has 2 N–H and O–H groups in total. The Balaban J connectivity index is 2.00. The maximum absolute atomic E-state index is 12.4. The summed E-state index contributed by atoms with van der Waals surface area (Å²) in [7, 11) is -2.52. The van der Waals surface area contributed by atoms with Crippen molar-refractivity contribution in [1.82, 2.24) is 4.72 Å². The summed E-state index contributed by atoms with van der Waals surface area (Å²) in [5.41, 5.74) is 2.20. The van der Waals surface area contributed by atoms with Crippen LogP contribution in [-0.4, -0.2) is 33.9 Å². The predicted octanol–water partition coefficient (Wildman–Crippen LogP) is 2.01. The van der Waals surface area contributed by atoms with Crippen molar-refractivity contribution < 1.29 is 22.7 Å². The highest BCUT2D eigenvalue weighted by molar-refractivity contribution is 7.89. The summed E-state index contributed by atoms with van der Waals surface area (Å²) in [6.07, 6.45) is 0. The molecule has 0 bridgehead atoms. The number of hydrogen-bond acceptors (Lipinski definition) is 5. The zero-order valence-corrected chi connectivity index (χ0v) is 15.5. The molecule has 0 saturated carbocycles. The number of ether oxygens (including phenoxy) is 1. The fraction of sp³-hybridized carbons (Fsp3) is 0.222. The van der Waals surface area contributed by atoms with E-state index in [0.717, 1.165) is 5.56 Å². The number of carbonyl (C=O) groups is 2. The van der Waals surface area contributed by atoms with Crippen molar-refractivity contribution in [3.8, 4) is 0 Å². The third-order valence-corrected chi connectivity index (χ3v) is 5.19. The highest BCUT2D eigenvalue weighted by atomic mass is 32.2. The summed E-state index contributed by atoms with van der Waals surface area (Å²) in [6.45, 7) is 3.08. The molecule has 26 heavy (non-hydrogen) atoms. The SMILES string of the molecule is COC(=O)c1ccc(NC(=O)CNS(=O)(=O)c2cc(C)ccc2C)cc1. The number of methoxy groups -OCH3 is 1. The van der Waals surface area contributed by atoms with Crippen LogP contribution in [0, 0.1) is 13.8 Å². The van der Waals surface area contributed by atoms with Gasteiger partial charge in [-0.1, -0.05) is 12.1 Å². The van der Waals surface area contributed by atoms with Gasteiger partial charge in [-0.2, -0.15) is 0 Å². The second-order valence-corrected chi connectivity index (χ2v) is 7.45. The van der Waals surface area contributed by atoms with Gasteiger partial charge in [0.2, 0.25) is 15.9 Å². The molecular formula is C18H20N2O5S. The van der Waals surface area contributed by atoms with Crippen LogP contribution in [0.1, 0.15) is 21.5 Å². The van der Waals surface area contributed by atoms with Gasteiger partial charge < -0.3 is 10.1 Å². The van der Waals surface area contributed by atoms with E-state index in [4.69, 9.17) is 0 Å². The molecule has 2 rings (SSSR count). The smallest absolute Gasteiger partial charge is 0.337 e. The second-order valence-electron chi connectivity index (χ2n) is 5.71. The van der Waals surface area contributed by atoms with Crippen LogP contribution in [0.15, 0.2) is 47.4 Å². The van der Waals surface area contributed by atoms with Gasteiger partial charge in [0.05, 0.1) is 24.1 Å². The van der Waals surface area contributed by atoms with Crippen LogP contribution < -0.4 is 10.0 Å². The Labute approximate surface area is 152 Å². The largest absolute Gasteiger partial charge is 0.465 e. The van der Waals surface area contributed by atoms with Crippen molar-refractivity contribution in [2.75, 3.05) is 19.0 Å². The Morgan fingerprint density at radius 2 is 1.69 bits per heavy atom. The molecule has 2 aromatic rings. The molecule has 138 valence electrons. The number of esters is 1. The number of anilines is 1. The van der Waals surface area contributed by atoms with Gasteiger partial charge in [-0.3, -0.25) is 4.79 Å². The third-order valence-electron chi connectivity index (χ3n) is 3.65. The Kier molecular flexibility index (Phi) is 6.12. The van der Waals surface area contributed by atoms with Crippen LogP contribution in [0.5, 0.6) is 0 Å². The maximum atomic E-state index is 12.4. The zero-order chi connectivity index (χ0) is 19.3. The van der Waals surface area contributed by atoms with Gasteiger partial charge >= 0.3 is 5.97 Å². The number of sulfonamides is 1. The first-order chi connectivity index (χ1) is 12.2. The number of hydrogen-bond donors (Lipinski definition) is 2. The fourth-order valence-electron chi connectivity index (χ4n) is 2.25. The van der Waals surface area contributed by atoms with Crippen molar-refractivity contribution in [1.29, 1.82) is 0 Å². The number of nitrogens with one attached hydrogen (secondary N) is 2. The van der Waals surface area contributed by atoms with Crippen LogP contribution in [0.2, 0.25) is 0 Å². The highest BCUT2D eigenvalue weighted by Gasteiger charge is 2.18. The first-order valence-electron chi connectivity index (χ1n) is 7.78. The van der Waals surface area contributed by atoms with Gasteiger partial charge in [-0.15, -0.1) is 0 Å². The lowest BCUT2D eigenvalue weighted by atomic mass is 10.2. The Morgan fingerprint density at radius 1 is 1.04 bits per heavy atom. The normalized spacial score (nSPS) is 11.0. The van der Waals surface area contributed by atoms with Crippen molar-refractivity contribution in [3.05, 3.63) is 59.2 Å². The maximum Gasteiger partial charge on any atom is 0.337 e. The molecule has 1 amide bonds. The molecule has 0 aliphatic rings. The highest BCUT2D eigenvalue weighted by Crippen LogP contribution is 2.16. The van der Waals surface area contributed by atoms with Crippen LogP contribution >= 0.6 is 0 Å². The van der Waals surface area contributed by atoms with E-state index < -0.39 is 28.4 Å². The van der Waals surface area contributed by atoms with E-state index >= 15 is 0 Å². The van der Waals surface area contributed by atoms with Crippen molar-refractivity contribution in [3.63, 3.8) is 0 Å². The van der Waals surface area contributed by atoms with E-state index in [2.05, 4.69) is 14.8 Å². The summed E-state index contributed by atoms with van der Waals surface area (Å²) < 4.78 is 31.6. The lowest BCUT2D eigenvalue weighted by molar-refractivity contribution is -0.115. The van der Waals surface area contributed by atoms with Crippen molar-refractivity contribution in [2.45, 2.75) is 18.7 Å². The first-order valence-corrected chi connectivity index (χ1v) is 9.26. The van der Waals surface area contributed by atoms with Gasteiger partial charge in [0.15, 0.2) is 0 Å². The van der Waals surface area contributed by atoms with Gasteiger partial charge in [0.25, 0.3) is 0 Å². The number of amides is 1. The zero-order valence-electron chi connectivity index (χ0n) is 14.7. The molecule has 0 fully saturated rings. The van der Waals surface area contributed by atoms with Crippen molar-refractivity contribution in [2.24, 2.45) is 0 Å². The number of aryl methyl sites for hydroxylation is 2. The number of rotatable bonds is 6. The lowest BCUT2D eigenvalue weighted by Gasteiger charge is -2.10. The quantitative estimate of drug-likeness (QED) is 0.751. The average Bonchev–Trinajstić information content (AvgIpc) is 2.62. The molecule has 0 aliphatic heterocycles. The fourth-order valence-corrected chi connectivity index (χ4v) is 3.56. The molecule has 0 radical (unpaired) electrons. The molecule has 0 spiro atoms. The molecular weight excluding hydrogens is 356 g/mol. The molecule has 2 aromatic carbocycles.